The maximum absolute atomic E-state index is 11.3. The summed E-state index contributed by atoms with van der Waals surface area (Å²) in [5.74, 6) is 0.690. The van der Waals surface area contributed by atoms with Gasteiger partial charge in [-0.15, -0.1) is 0 Å². The molecule has 1 aromatic rings. The monoisotopic (exact) mass is 256 g/mol. The molecule has 14 heavy (non-hydrogen) atoms. The van der Waals surface area contributed by atoms with Crippen molar-refractivity contribution in [2.24, 2.45) is 0 Å². The summed E-state index contributed by atoms with van der Waals surface area (Å²) < 4.78 is 6.22. The van der Waals surface area contributed by atoms with Crippen molar-refractivity contribution in [3.8, 4) is 5.75 Å². The lowest BCUT2D eigenvalue weighted by atomic mass is 10.0. The van der Waals surface area contributed by atoms with Crippen molar-refractivity contribution in [2.45, 2.75) is 20.8 Å². The smallest absolute Gasteiger partial charge is 0.163 e. The minimum absolute atomic E-state index is 0.0283. The van der Waals surface area contributed by atoms with E-state index in [2.05, 4.69) is 15.9 Å². The second-order valence-corrected chi connectivity index (χ2v) is 4.06. The normalized spacial score (nSPS) is 10.1. The summed E-state index contributed by atoms with van der Waals surface area (Å²) in [6.45, 7) is 5.44. The average molecular weight is 257 g/mol. The van der Waals surface area contributed by atoms with E-state index in [4.69, 9.17) is 4.74 Å². The first-order chi connectivity index (χ1) is 6.49. The standard InChI is InChI=1S/C11H13BrO2/c1-6-5-9(8(3)13)11(14-4)7(2)10(6)12/h5H,1-4H3. The lowest BCUT2D eigenvalue weighted by Crippen LogP contribution is -2.01. The summed E-state index contributed by atoms with van der Waals surface area (Å²) in [7, 11) is 1.58. The third-order valence-corrected chi connectivity index (χ3v) is 3.43. The van der Waals surface area contributed by atoms with Crippen LogP contribution < -0.4 is 4.74 Å². The van der Waals surface area contributed by atoms with Gasteiger partial charge in [-0.1, -0.05) is 15.9 Å². The van der Waals surface area contributed by atoms with Crippen LogP contribution in [0.1, 0.15) is 28.4 Å². The Hall–Kier alpha value is -0.830. The number of carbonyl (C=O) groups is 1. The number of methoxy groups -OCH3 is 1. The fourth-order valence-corrected chi connectivity index (χ4v) is 1.76. The average Bonchev–Trinajstić information content (AvgIpc) is 2.13. The Morgan fingerprint density at radius 1 is 1.43 bits per heavy atom. The van der Waals surface area contributed by atoms with Crippen molar-refractivity contribution >= 4 is 21.7 Å². The molecule has 0 fully saturated rings. The maximum Gasteiger partial charge on any atom is 0.163 e. The highest BCUT2D eigenvalue weighted by Gasteiger charge is 2.14. The zero-order valence-corrected chi connectivity index (χ0v) is 10.4. The highest BCUT2D eigenvalue weighted by atomic mass is 79.9. The van der Waals surface area contributed by atoms with E-state index in [1.807, 2.05) is 19.9 Å². The van der Waals surface area contributed by atoms with Gasteiger partial charge >= 0.3 is 0 Å². The van der Waals surface area contributed by atoms with Crippen molar-refractivity contribution in [3.63, 3.8) is 0 Å². The zero-order chi connectivity index (χ0) is 10.9. The molecule has 0 saturated heterocycles. The second-order valence-electron chi connectivity index (χ2n) is 3.27. The molecule has 1 rings (SSSR count). The number of hydrogen-bond acceptors (Lipinski definition) is 2. The molecule has 0 amide bonds. The van der Waals surface area contributed by atoms with Gasteiger partial charge in [0.05, 0.1) is 12.7 Å². The largest absolute Gasteiger partial charge is 0.496 e. The van der Waals surface area contributed by atoms with E-state index >= 15 is 0 Å². The van der Waals surface area contributed by atoms with E-state index in [0.29, 0.717) is 11.3 Å². The van der Waals surface area contributed by atoms with E-state index in [1.54, 1.807) is 14.0 Å². The Bertz CT molecular complexity index is 383. The number of carbonyl (C=O) groups excluding carboxylic acids is 1. The Morgan fingerprint density at radius 2 is 2.00 bits per heavy atom. The van der Waals surface area contributed by atoms with Crippen LogP contribution in [0.3, 0.4) is 0 Å². The molecule has 2 nitrogen and oxygen atoms in total. The van der Waals surface area contributed by atoms with E-state index in [-0.39, 0.29) is 5.78 Å². The maximum atomic E-state index is 11.3. The van der Waals surface area contributed by atoms with Gasteiger partial charge in [0.25, 0.3) is 0 Å². The third kappa shape index (κ3) is 1.82. The molecule has 0 heterocycles. The minimum Gasteiger partial charge on any atom is -0.496 e. The van der Waals surface area contributed by atoms with Gasteiger partial charge in [0.15, 0.2) is 5.78 Å². The number of ketones is 1. The van der Waals surface area contributed by atoms with Gasteiger partial charge < -0.3 is 4.74 Å². The summed E-state index contributed by atoms with van der Waals surface area (Å²) in [6, 6.07) is 1.85. The van der Waals surface area contributed by atoms with E-state index < -0.39 is 0 Å². The molecule has 0 spiro atoms. The highest BCUT2D eigenvalue weighted by Crippen LogP contribution is 2.32. The number of benzene rings is 1. The summed E-state index contributed by atoms with van der Waals surface area (Å²) in [4.78, 5) is 11.3. The molecule has 0 radical (unpaired) electrons. The molecule has 1 aromatic carbocycles. The predicted molar refractivity (Wildman–Crippen MR) is 60.2 cm³/mol. The summed E-state index contributed by atoms with van der Waals surface area (Å²) >= 11 is 3.46. The predicted octanol–water partition coefficient (Wildman–Crippen LogP) is 3.28. The van der Waals surface area contributed by atoms with Gasteiger partial charge in [-0.2, -0.15) is 0 Å². The number of rotatable bonds is 2. The fourth-order valence-electron chi connectivity index (χ4n) is 1.47. The number of Topliss-reactive ketones (excluding diaryl/α,β-unsaturated/α-hetero) is 1. The molecule has 0 aliphatic rings. The number of halogens is 1. The van der Waals surface area contributed by atoms with E-state index in [1.165, 1.54) is 0 Å². The number of ether oxygens (including phenoxy) is 1. The van der Waals surface area contributed by atoms with Crippen molar-refractivity contribution in [3.05, 3.63) is 27.2 Å². The number of hydrogen-bond donors (Lipinski definition) is 0. The van der Waals surface area contributed by atoms with Crippen LogP contribution in [-0.4, -0.2) is 12.9 Å². The van der Waals surface area contributed by atoms with Crippen molar-refractivity contribution in [1.29, 1.82) is 0 Å². The van der Waals surface area contributed by atoms with Crippen LogP contribution >= 0.6 is 15.9 Å². The third-order valence-electron chi connectivity index (χ3n) is 2.20. The Morgan fingerprint density at radius 3 is 2.43 bits per heavy atom. The van der Waals surface area contributed by atoms with Crippen LogP contribution in [0.5, 0.6) is 5.75 Å². The molecular formula is C11H13BrO2. The lowest BCUT2D eigenvalue weighted by molar-refractivity contribution is 0.101. The molecule has 0 aliphatic carbocycles. The van der Waals surface area contributed by atoms with Crippen molar-refractivity contribution in [1.82, 2.24) is 0 Å². The quantitative estimate of drug-likeness (QED) is 0.760. The van der Waals surface area contributed by atoms with Crippen LogP contribution in [0.15, 0.2) is 10.5 Å². The molecule has 0 bridgehead atoms. The molecule has 76 valence electrons. The second kappa shape index (κ2) is 4.13. The van der Waals surface area contributed by atoms with Crippen molar-refractivity contribution in [2.75, 3.05) is 7.11 Å². The first-order valence-electron chi connectivity index (χ1n) is 4.33. The molecular weight excluding hydrogens is 244 g/mol. The Balaban J connectivity index is 3.51. The molecule has 0 saturated carbocycles. The van der Waals surface area contributed by atoms with Gasteiger partial charge in [0, 0.05) is 10.0 Å². The van der Waals surface area contributed by atoms with Gasteiger partial charge in [0.2, 0.25) is 0 Å². The van der Waals surface area contributed by atoms with Gasteiger partial charge in [-0.05, 0) is 32.4 Å². The topological polar surface area (TPSA) is 26.3 Å². The highest BCUT2D eigenvalue weighted by molar-refractivity contribution is 9.10. The Kier molecular flexibility index (Phi) is 3.32. The SMILES string of the molecule is COc1c(C(C)=O)cc(C)c(Br)c1C. The van der Waals surface area contributed by atoms with Gasteiger partial charge in [-0.25, -0.2) is 0 Å². The fraction of sp³-hybridized carbons (Fsp3) is 0.364. The van der Waals surface area contributed by atoms with Gasteiger partial charge in [0.1, 0.15) is 5.75 Å². The molecule has 0 aliphatic heterocycles. The summed E-state index contributed by atoms with van der Waals surface area (Å²) in [5, 5.41) is 0. The van der Waals surface area contributed by atoms with E-state index in [9.17, 15) is 4.79 Å². The molecule has 0 unspecified atom stereocenters. The minimum atomic E-state index is 0.0283. The van der Waals surface area contributed by atoms with Crippen LogP contribution in [0.4, 0.5) is 0 Å². The summed E-state index contributed by atoms with van der Waals surface area (Å²) in [6.07, 6.45) is 0. The Labute approximate surface area is 92.4 Å². The summed E-state index contributed by atoms with van der Waals surface area (Å²) in [5.41, 5.74) is 2.66. The van der Waals surface area contributed by atoms with E-state index in [0.717, 1.165) is 15.6 Å². The molecule has 3 heteroatoms. The molecule has 0 N–H and O–H groups in total. The lowest BCUT2D eigenvalue weighted by Gasteiger charge is -2.12. The van der Waals surface area contributed by atoms with Crippen LogP contribution in [0.25, 0.3) is 0 Å². The molecule has 0 aromatic heterocycles. The van der Waals surface area contributed by atoms with Gasteiger partial charge in [-0.3, -0.25) is 4.79 Å². The van der Waals surface area contributed by atoms with Crippen LogP contribution in [0.2, 0.25) is 0 Å². The number of aryl methyl sites for hydroxylation is 1. The molecule has 0 atom stereocenters. The first-order valence-corrected chi connectivity index (χ1v) is 5.13. The van der Waals surface area contributed by atoms with Crippen LogP contribution in [0, 0.1) is 13.8 Å². The van der Waals surface area contributed by atoms with Crippen LogP contribution in [-0.2, 0) is 0 Å². The van der Waals surface area contributed by atoms with Crippen molar-refractivity contribution < 1.29 is 9.53 Å². The zero-order valence-electron chi connectivity index (χ0n) is 8.77. The first kappa shape index (κ1) is 11.2.